The number of thiophene rings is 1. The van der Waals surface area contributed by atoms with E-state index in [-0.39, 0.29) is 0 Å². The van der Waals surface area contributed by atoms with Gasteiger partial charge in [-0.25, -0.2) is 0 Å². The van der Waals surface area contributed by atoms with Gasteiger partial charge in [-0.3, -0.25) is 0 Å². The molecule has 1 heterocycles. The van der Waals surface area contributed by atoms with Crippen molar-refractivity contribution in [2.24, 2.45) is 11.8 Å². The average molecular weight is 279 g/mol. The lowest BCUT2D eigenvalue weighted by Crippen LogP contribution is -2.37. The Morgan fingerprint density at radius 3 is 2.53 bits per heavy atom. The summed E-state index contributed by atoms with van der Waals surface area (Å²) < 4.78 is 0. The molecule has 1 aliphatic carbocycles. The maximum absolute atomic E-state index is 3.88. The molecule has 0 aromatic carbocycles. The second kappa shape index (κ2) is 6.41. The van der Waals surface area contributed by atoms with Gasteiger partial charge in [-0.1, -0.05) is 26.7 Å². The molecule has 0 radical (unpaired) electrons. The number of nitrogens with one attached hydrogen (secondary N) is 1. The fourth-order valence-electron chi connectivity index (χ4n) is 3.51. The van der Waals surface area contributed by atoms with E-state index >= 15 is 0 Å². The van der Waals surface area contributed by atoms with Gasteiger partial charge in [0.1, 0.15) is 0 Å². The zero-order chi connectivity index (χ0) is 14.0. The SMILES string of the molecule is Cc1cc(C(C)NC2CCCC(C(C)C)C2)c(C)s1. The molecule has 0 aliphatic heterocycles. The summed E-state index contributed by atoms with van der Waals surface area (Å²) in [4.78, 5) is 2.92. The standard InChI is InChI=1S/C17H29NS/c1-11(2)15-7-6-8-16(10-15)18-13(4)17-9-12(3)19-14(17)5/h9,11,13,15-16,18H,6-8,10H2,1-5H3. The Morgan fingerprint density at radius 2 is 1.95 bits per heavy atom. The third kappa shape index (κ3) is 3.82. The Kier molecular flexibility index (Phi) is 5.08. The highest BCUT2D eigenvalue weighted by atomic mass is 32.1. The highest BCUT2D eigenvalue weighted by molar-refractivity contribution is 7.12. The Morgan fingerprint density at radius 1 is 1.21 bits per heavy atom. The number of hydrogen-bond donors (Lipinski definition) is 1. The Bertz CT molecular complexity index is 407. The first-order chi connectivity index (χ1) is 8.97. The molecule has 1 aromatic heterocycles. The van der Waals surface area contributed by atoms with Crippen LogP contribution in [0.3, 0.4) is 0 Å². The van der Waals surface area contributed by atoms with Crippen LogP contribution in [-0.2, 0) is 0 Å². The summed E-state index contributed by atoms with van der Waals surface area (Å²) in [5, 5.41) is 3.88. The van der Waals surface area contributed by atoms with Crippen molar-refractivity contribution in [1.29, 1.82) is 0 Å². The Balaban J connectivity index is 1.95. The lowest BCUT2D eigenvalue weighted by Gasteiger charge is -2.34. The third-order valence-corrected chi connectivity index (χ3v) is 5.67. The van der Waals surface area contributed by atoms with Gasteiger partial charge in [0.2, 0.25) is 0 Å². The van der Waals surface area contributed by atoms with Crippen molar-refractivity contribution in [3.8, 4) is 0 Å². The van der Waals surface area contributed by atoms with Gasteiger partial charge in [-0.15, -0.1) is 11.3 Å². The van der Waals surface area contributed by atoms with Gasteiger partial charge in [0, 0.05) is 21.8 Å². The van der Waals surface area contributed by atoms with Crippen LogP contribution in [0.1, 0.15) is 67.8 Å². The molecule has 2 heteroatoms. The molecule has 0 saturated heterocycles. The fourth-order valence-corrected chi connectivity index (χ4v) is 4.53. The van der Waals surface area contributed by atoms with Crippen LogP contribution in [0.15, 0.2) is 6.07 Å². The van der Waals surface area contributed by atoms with Crippen LogP contribution in [-0.4, -0.2) is 6.04 Å². The van der Waals surface area contributed by atoms with E-state index in [1.165, 1.54) is 41.0 Å². The van der Waals surface area contributed by atoms with Gasteiger partial charge in [0.05, 0.1) is 0 Å². The van der Waals surface area contributed by atoms with Crippen molar-refractivity contribution in [3.05, 3.63) is 21.4 Å². The van der Waals surface area contributed by atoms with E-state index in [0.29, 0.717) is 6.04 Å². The molecule has 3 unspecified atom stereocenters. The molecule has 3 atom stereocenters. The lowest BCUT2D eigenvalue weighted by molar-refractivity contribution is 0.223. The van der Waals surface area contributed by atoms with Crippen molar-refractivity contribution < 1.29 is 0 Å². The highest BCUT2D eigenvalue weighted by Gasteiger charge is 2.25. The van der Waals surface area contributed by atoms with Gasteiger partial charge in [-0.05, 0) is 57.1 Å². The molecule has 1 nitrogen and oxygen atoms in total. The van der Waals surface area contributed by atoms with Gasteiger partial charge >= 0.3 is 0 Å². The molecule has 1 fully saturated rings. The Hall–Kier alpha value is -0.340. The molecule has 0 bridgehead atoms. The van der Waals surface area contributed by atoms with Crippen LogP contribution in [0, 0.1) is 25.7 Å². The normalized spacial score (nSPS) is 25.8. The number of aryl methyl sites for hydroxylation is 2. The van der Waals surface area contributed by atoms with E-state index in [1.54, 1.807) is 0 Å². The molecule has 1 aromatic rings. The largest absolute Gasteiger partial charge is 0.307 e. The van der Waals surface area contributed by atoms with E-state index in [1.807, 2.05) is 11.3 Å². The van der Waals surface area contributed by atoms with Crippen molar-refractivity contribution in [2.45, 2.75) is 72.4 Å². The summed E-state index contributed by atoms with van der Waals surface area (Å²) in [6.07, 6.45) is 5.55. The van der Waals surface area contributed by atoms with Gasteiger partial charge in [0.25, 0.3) is 0 Å². The average Bonchev–Trinajstić information content (AvgIpc) is 2.69. The molecule has 0 spiro atoms. The molecule has 19 heavy (non-hydrogen) atoms. The molecule has 1 aliphatic rings. The summed E-state index contributed by atoms with van der Waals surface area (Å²) in [6.45, 7) is 11.5. The second-order valence-corrected chi connectivity index (χ2v) is 8.09. The van der Waals surface area contributed by atoms with Gasteiger partial charge < -0.3 is 5.32 Å². The van der Waals surface area contributed by atoms with E-state index in [4.69, 9.17) is 0 Å². The maximum atomic E-state index is 3.88. The smallest absolute Gasteiger partial charge is 0.0305 e. The summed E-state index contributed by atoms with van der Waals surface area (Å²) in [5.74, 6) is 1.76. The Labute approximate surface area is 122 Å². The topological polar surface area (TPSA) is 12.0 Å². The van der Waals surface area contributed by atoms with Crippen LogP contribution in [0.2, 0.25) is 0 Å². The molecule has 1 N–H and O–H groups in total. The van der Waals surface area contributed by atoms with Crippen molar-refractivity contribution >= 4 is 11.3 Å². The molecule has 108 valence electrons. The quantitative estimate of drug-likeness (QED) is 0.795. The zero-order valence-electron chi connectivity index (χ0n) is 13.1. The molecular formula is C17H29NS. The molecule has 0 amide bonds. The van der Waals surface area contributed by atoms with Gasteiger partial charge in [0.15, 0.2) is 0 Å². The van der Waals surface area contributed by atoms with Crippen LogP contribution < -0.4 is 5.32 Å². The van der Waals surface area contributed by atoms with E-state index in [2.05, 4.69) is 46.0 Å². The van der Waals surface area contributed by atoms with Crippen molar-refractivity contribution in [1.82, 2.24) is 5.32 Å². The predicted octanol–water partition coefficient (Wildman–Crippen LogP) is 5.23. The zero-order valence-corrected chi connectivity index (χ0v) is 13.9. The van der Waals surface area contributed by atoms with Crippen LogP contribution in [0.5, 0.6) is 0 Å². The first-order valence-electron chi connectivity index (χ1n) is 7.80. The van der Waals surface area contributed by atoms with E-state index in [0.717, 1.165) is 17.9 Å². The van der Waals surface area contributed by atoms with Crippen LogP contribution in [0.25, 0.3) is 0 Å². The summed E-state index contributed by atoms with van der Waals surface area (Å²) in [6, 6.07) is 3.58. The minimum absolute atomic E-state index is 0.501. The summed E-state index contributed by atoms with van der Waals surface area (Å²) in [5.41, 5.74) is 1.51. The maximum Gasteiger partial charge on any atom is 0.0305 e. The highest BCUT2D eigenvalue weighted by Crippen LogP contribution is 2.32. The van der Waals surface area contributed by atoms with Crippen molar-refractivity contribution in [2.75, 3.05) is 0 Å². The third-order valence-electron chi connectivity index (χ3n) is 4.69. The predicted molar refractivity (Wildman–Crippen MR) is 85.9 cm³/mol. The number of rotatable bonds is 4. The summed E-state index contributed by atoms with van der Waals surface area (Å²) >= 11 is 1.93. The molecule has 1 saturated carbocycles. The summed E-state index contributed by atoms with van der Waals surface area (Å²) in [7, 11) is 0. The fraction of sp³-hybridized carbons (Fsp3) is 0.765. The minimum atomic E-state index is 0.501. The monoisotopic (exact) mass is 279 g/mol. The van der Waals surface area contributed by atoms with E-state index in [9.17, 15) is 0 Å². The van der Waals surface area contributed by atoms with Crippen molar-refractivity contribution in [3.63, 3.8) is 0 Å². The van der Waals surface area contributed by atoms with Crippen LogP contribution >= 0.6 is 11.3 Å². The number of hydrogen-bond acceptors (Lipinski definition) is 2. The first-order valence-corrected chi connectivity index (χ1v) is 8.62. The molecular weight excluding hydrogens is 250 g/mol. The lowest BCUT2D eigenvalue weighted by atomic mass is 9.79. The minimum Gasteiger partial charge on any atom is -0.307 e. The van der Waals surface area contributed by atoms with Crippen LogP contribution in [0.4, 0.5) is 0 Å². The van der Waals surface area contributed by atoms with Gasteiger partial charge in [-0.2, -0.15) is 0 Å². The van der Waals surface area contributed by atoms with E-state index < -0.39 is 0 Å². The molecule has 2 rings (SSSR count). The first kappa shape index (κ1) is 15.1. The second-order valence-electron chi connectivity index (χ2n) is 6.62.